The number of hydrogen-bond acceptors (Lipinski definition) is 3. The summed E-state index contributed by atoms with van der Waals surface area (Å²) >= 11 is 0. The normalized spacial score (nSPS) is 10.5. The van der Waals surface area contributed by atoms with Crippen molar-refractivity contribution in [1.29, 1.82) is 0 Å². The molecule has 4 heteroatoms. The van der Waals surface area contributed by atoms with Crippen molar-refractivity contribution in [2.75, 3.05) is 5.73 Å². The van der Waals surface area contributed by atoms with Crippen molar-refractivity contribution >= 4 is 11.6 Å². The minimum atomic E-state index is -0.00931. The number of carbonyl (C=O) groups excluding carboxylic acids is 1. The number of ketones is 1. The molecule has 0 aliphatic carbocycles. The number of rotatable bonds is 3. The van der Waals surface area contributed by atoms with E-state index >= 15 is 0 Å². The molecule has 0 spiro atoms. The Bertz CT molecular complexity index is 558. The lowest BCUT2D eigenvalue weighted by atomic mass is 9.99. The van der Waals surface area contributed by atoms with Gasteiger partial charge in [-0.05, 0) is 25.0 Å². The van der Waals surface area contributed by atoms with Gasteiger partial charge < -0.3 is 5.73 Å². The van der Waals surface area contributed by atoms with Crippen LogP contribution in [0.2, 0.25) is 0 Å². The van der Waals surface area contributed by atoms with Crippen molar-refractivity contribution in [2.24, 2.45) is 0 Å². The second kappa shape index (κ2) is 4.41. The summed E-state index contributed by atoms with van der Waals surface area (Å²) in [5, 5.41) is 6.32. The lowest BCUT2D eigenvalue weighted by molar-refractivity contribution is 0.0993. The van der Waals surface area contributed by atoms with Crippen LogP contribution in [-0.2, 0) is 6.42 Å². The number of aromatic nitrogens is 2. The van der Waals surface area contributed by atoms with Crippen molar-refractivity contribution in [3.05, 3.63) is 46.6 Å². The Hall–Kier alpha value is -2.10. The van der Waals surface area contributed by atoms with Gasteiger partial charge in [-0.3, -0.25) is 9.89 Å². The average Bonchev–Trinajstić information content (AvgIpc) is 2.70. The van der Waals surface area contributed by atoms with E-state index in [0.717, 1.165) is 16.7 Å². The summed E-state index contributed by atoms with van der Waals surface area (Å²) in [7, 11) is 0. The third kappa shape index (κ3) is 2.36. The number of carbonyl (C=O) groups is 1. The molecule has 0 aliphatic rings. The fourth-order valence-corrected chi connectivity index (χ4v) is 1.78. The lowest BCUT2D eigenvalue weighted by Gasteiger charge is -2.06. The molecule has 1 heterocycles. The molecule has 17 heavy (non-hydrogen) atoms. The van der Waals surface area contributed by atoms with Crippen molar-refractivity contribution in [3.63, 3.8) is 0 Å². The fourth-order valence-electron chi connectivity index (χ4n) is 1.78. The van der Waals surface area contributed by atoms with Crippen LogP contribution in [-0.4, -0.2) is 16.0 Å². The first-order chi connectivity index (χ1) is 8.08. The van der Waals surface area contributed by atoms with E-state index in [1.54, 1.807) is 0 Å². The zero-order valence-corrected chi connectivity index (χ0v) is 9.95. The van der Waals surface area contributed by atoms with Crippen LogP contribution in [0.15, 0.2) is 24.4 Å². The van der Waals surface area contributed by atoms with E-state index in [0.29, 0.717) is 17.8 Å². The van der Waals surface area contributed by atoms with Gasteiger partial charge in [-0.1, -0.05) is 23.8 Å². The summed E-state index contributed by atoms with van der Waals surface area (Å²) in [5.74, 6) is 0.324. The van der Waals surface area contributed by atoms with Gasteiger partial charge in [0, 0.05) is 6.42 Å². The number of nitrogens with two attached hydrogens (primary N) is 1. The Morgan fingerprint density at radius 2 is 2.18 bits per heavy atom. The molecule has 0 amide bonds. The first-order valence-corrected chi connectivity index (χ1v) is 5.46. The van der Waals surface area contributed by atoms with Crippen LogP contribution in [0.3, 0.4) is 0 Å². The number of anilines is 1. The maximum absolute atomic E-state index is 12.0. The minimum absolute atomic E-state index is 0.00931. The number of Topliss-reactive ketones (excluding diaryl/α,β-unsaturated/α-hetero) is 1. The Balaban J connectivity index is 2.24. The Kier molecular flexibility index (Phi) is 2.95. The number of nitrogens with one attached hydrogen (secondary N) is 1. The summed E-state index contributed by atoms with van der Waals surface area (Å²) in [6.45, 7) is 4.01. The number of H-pyrrole nitrogens is 1. The van der Waals surface area contributed by atoms with Crippen LogP contribution < -0.4 is 5.73 Å². The van der Waals surface area contributed by atoms with Gasteiger partial charge in [-0.15, -0.1) is 0 Å². The second-order valence-electron chi connectivity index (χ2n) is 4.23. The predicted molar refractivity (Wildman–Crippen MR) is 67.0 cm³/mol. The van der Waals surface area contributed by atoms with E-state index in [9.17, 15) is 4.79 Å². The Morgan fingerprint density at radius 1 is 1.41 bits per heavy atom. The lowest BCUT2D eigenvalue weighted by Crippen LogP contribution is -2.06. The molecule has 1 aromatic carbocycles. The quantitative estimate of drug-likeness (QED) is 0.791. The zero-order chi connectivity index (χ0) is 12.4. The van der Waals surface area contributed by atoms with Crippen LogP contribution >= 0.6 is 0 Å². The molecule has 3 N–H and O–H groups in total. The summed E-state index contributed by atoms with van der Waals surface area (Å²) in [5.41, 5.74) is 9.39. The van der Waals surface area contributed by atoms with Gasteiger partial charge in [0.1, 0.15) is 5.82 Å². The number of nitrogens with zero attached hydrogens (tertiary/aromatic N) is 1. The van der Waals surface area contributed by atoms with Crippen LogP contribution in [0.1, 0.15) is 27.0 Å². The highest BCUT2D eigenvalue weighted by Crippen LogP contribution is 2.15. The smallest absolute Gasteiger partial charge is 0.172 e. The first kappa shape index (κ1) is 11.4. The van der Waals surface area contributed by atoms with Crippen LogP contribution in [0.5, 0.6) is 0 Å². The molecule has 1 aromatic heterocycles. The SMILES string of the molecule is Cc1ccc(C)c(CC(=O)c2cn[nH]c2N)c1. The third-order valence-corrected chi connectivity index (χ3v) is 2.82. The summed E-state index contributed by atoms with van der Waals surface area (Å²) in [6, 6.07) is 6.09. The zero-order valence-electron chi connectivity index (χ0n) is 9.95. The van der Waals surface area contributed by atoms with E-state index in [4.69, 9.17) is 5.73 Å². The summed E-state index contributed by atoms with van der Waals surface area (Å²) in [4.78, 5) is 12.0. The van der Waals surface area contributed by atoms with Gasteiger partial charge in [0.2, 0.25) is 0 Å². The molecule has 88 valence electrons. The Morgan fingerprint density at radius 3 is 2.82 bits per heavy atom. The number of benzene rings is 1. The molecule has 0 radical (unpaired) electrons. The van der Waals surface area contributed by atoms with Crippen molar-refractivity contribution in [3.8, 4) is 0 Å². The van der Waals surface area contributed by atoms with Gasteiger partial charge in [0.05, 0.1) is 11.8 Å². The average molecular weight is 229 g/mol. The van der Waals surface area contributed by atoms with E-state index < -0.39 is 0 Å². The summed E-state index contributed by atoms with van der Waals surface area (Å²) < 4.78 is 0. The van der Waals surface area contributed by atoms with E-state index in [-0.39, 0.29) is 5.78 Å². The maximum Gasteiger partial charge on any atom is 0.172 e. The molecule has 0 fully saturated rings. The van der Waals surface area contributed by atoms with Gasteiger partial charge in [0.25, 0.3) is 0 Å². The number of aryl methyl sites for hydroxylation is 2. The molecule has 0 atom stereocenters. The molecule has 0 saturated heterocycles. The van der Waals surface area contributed by atoms with Crippen molar-refractivity contribution in [1.82, 2.24) is 10.2 Å². The largest absolute Gasteiger partial charge is 0.383 e. The van der Waals surface area contributed by atoms with Crippen LogP contribution in [0.4, 0.5) is 5.82 Å². The molecular formula is C13H15N3O. The summed E-state index contributed by atoms with van der Waals surface area (Å²) in [6.07, 6.45) is 1.83. The highest BCUT2D eigenvalue weighted by atomic mass is 16.1. The molecule has 4 nitrogen and oxygen atoms in total. The molecule has 0 aliphatic heterocycles. The highest BCUT2D eigenvalue weighted by Gasteiger charge is 2.13. The van der Waals surface area contributed by atoms with Crippen LogP contribution in [0.25, 0.3) is 0 Å². The highest BCUT2D eigenvalue weighted by molar-refractivity contribution is 6.01. The molecular weight excluding hydrogens is 214 g/mol. The molecule has 0 bridgehead atoms. The molecule has 2 rings (SSSR count). The number of nitrogen functional groups attached to an aromatic ring is 1. The van der Waals surface area contributed by atoms with E-state index in [2.05, 4.69) is 10.2 Å². The number of aromatic amines is 1. The van der Waals surface area contributed by atoms with E-state index in [1.165, 1.54) is 6.20 Å². The predicted octanol–water partition coefficient (Wildman–Crippen LogP) is 2.03. The van der Waals surface area contributed by atoms with Crippen LogP contribution in [0, 0.1) is 13.8 Å². The fraction of sp³-hybridized carbons (Fsp3) is 0.231. The molecule has 0 saturated carbocycles. The maximum atomic E-state index is 12.0. The minimum Gasteiger partial charge on any atom is -0.383 e. The van der Waals surface area contributed by atoms with E-state index in [1.807, 2.05) is 32.0 Å². The first-order valence-electron chi connectivity index (χ1n) is 5.46. The number of hydrogen-bond donors (Lipinski definition) is 2. The van der Waals surface area contributed by atoms with Crippen molar-refractivity contribution in [2.45, 2.75) is 20.3 Å². The monoisotopic (exact) mass is 229 g/mol. The Labute approximate surface area is 99.8 Å². The van der Waals surface area contributed by atoms with Crippen molar-refractivity contribution < 1.29 is 4.79 Å². The van der Waals surface area contributed by atoms with Gasteiger partial charge in [-0.25, -0.2) is 0 Å². The molecule has 0 unspecified atom stereocenters. The molecule has 2 aromatic rings. The van der Waals surface area contributed by atoms with Gasteiger partial charge >= 0.3 is 0 Å². The second-order valence-corrected chi connectivity index (χ2v) is 4.23. The topological polar surface area (TPSA) is 71.8 Å². The standard InChI is InChI=1S/C13H15N3O/c1-8-3-4-9(2)10(5-8)6-12(17)11-7-15-16-13(11)14/h3-5,7H,6H2,1-2H3,(H3,14,15,16). The third-order valence-electron chi connectivity index (χ3n) is 2.82. The van der Waals surface area contributed by atoms with Gasteiger partial charge in [0.15, 0.2) is 5.78 Å². The van der Waals surface area contributed by atoms with Gasteiger partial charge in [-0.2, -0.15) is 5.10 Å².